The molecule has 0 aliphatic heterocycles. The number of nitrogens with zero attached hydrogens (tertiary/aromatic N) is 2. The normalized spacial score (nSPS) is 11.7. The Kier molecular flexibility index (Phi) is 3.71. The smallest absolute Gasteiger partial charge is 0.110 e. The molecule has 0 fully saturated rings. The Labute approximate surface area is 109 Å². The molecule has 0 aliphatic carbocycles. The van der Waals surface area contributed by atoms with E-state index in [1.165, 1.54) is 16.6 Å². The third-order valence-corrected chi connectivity index (χ3v) is 3.39. The lowest BCUT2D eigenvalue weighted by Gasteiger charge is -2.09. The molecule has 1 aromatic heterocycles. The zero-order valence-electron chi connectivity index (χ0n) is 11.8. The third kappa shape index (κ3) is 2.41. The molecule has 0 saturated carbocycles. The van der Waals surface area contributed by atoms with E-state index in [-0.39, 0.29) is 0 Å². The molecule has 0 saturated heterocycles. The number of aryl methyl sites for hydroxylation is 2. The number of rotatable bonds is 4. The molecule has 98 valence electrons. The van der Waals surface area contributed by atoms with Crippen LogP contribution in [0.5, 0.6) is 0 Å². The average Bonchev–Trinajstić information content (AvgIpc) is 2.58. The van der Waals surface area contributed by atoms with Crippen LogP contribution >= 0.6 is 0 Å². The molecule has 1 heterocycles. The number of benzene rings is 1. The van der Waals surface area contributed by atoms with Crippen LogP contribution in [0.4, 0.5) is 0 Å². The maximum atomic E-state index is 5.73. The van der Waals surface area contributed by atoms with Gasteiger partial charge in [0.1, 0.15) is 5.82 Å². The molecule has 2 aromatic rings. The van der Waals surface area contributed by atoms with Gasteiger partial charge in [0.2, 0.25) is 0 Å². The van der Waals surface area contributed by atoms with Crippen molar-refractivity contribution in [1.29, 1.82) is 0 Å². The van der Waals surface area contributed by atoms with Gasteiger partial charge in [0.05, 0.1) is 11.0 Å². The van der Waals surface area contributed by atoms with Gasteiger partial charge in [0.15, 0.2) is 0 Å². The number of fused-ring (bicyclic) bond motifs is 1. The van der Waals surface area contributed by atoms with E-state index in [1.54, 1.807) is 0 Å². The van der Waals surface area contributed by atoms with E-state index in [0.29, 0.717) is 12.5 Å². The van der Waals surface area contributed by atoms with Crippen molar-refractivity contribution in [3.8, 4) is 0 Å². The lowest BCUT2D eigenvalue weighted by Crippen LogP contribution is -2.13. The summed E-state index contributed by atoms with van der Waals surface area (Å²) in [4.78, 5) is 4.78. The molecule has 2 rings (SSSR count). The van der Waals surface area contributed by atoms with Gasteiger partial charge in [-0.3, -0.25) is 0 Å². The number of nitrogens with two attached hydrogens (primary N) is 1. The zero-order chi connectivity index (χ0) is 13.3. The second kappa shape index (κ2) is 5.11. The van der Waals surface area contributed by atoms with Crippen molar-refractivity contribution in [3.63, 3.8) is 0 Å². The minimum absolute atomic E-state index is 0.612. The topological polar surface area (TPSA) is 43.8 Å². The first-order valence-corrected chi connectivity index (χ1v) is 6.69. The van der Waals surface area contributed by atoms with Crippen LogP contribution in [0.15, 0.2) is 12.1 Å². The van der Waals surface area contributed by atoms with E-state index in [0.717, 1.165) is 24.3 Å². The summed E-state index contributed by atoms with van der Waals surface area (Å²) in [7, 11) is 0. The highest BCUT2D eigenvalue weighted by atomic mass is 15.1. The van der Waals surface area contributed by atoms with Crippen LogP contribution in [0.1, 0.15) is 30.8 Å². The molecule has 2 N–H and O–H groups in total. The Morgan fingerprint density at radius 1 is 1.22 bits per heavy atom. The molecule has 1 aromatic carbocycles. The lowest BCUT2D eigenvalue weighted by molar-refractivity contribution is 0.581. The first kappa shape index (κ1) is 13.1. The Morgan fingerprint density at radius 2 is 1.89 bits per heavy atom. The molecular formula is C15H23N3. The van der Waals surface area contributed by atoms with Crippen molar-refractivity contribution in [2.45, 2.75) is 40.7 Å². The third-order valence-electron chi connectivity index (χ3n) is 3.39. The van der Waals surface area contributed by atoms with E-state index in [9.17, 15) is 0 Å². The molecule has 0 aliphatic rings. The van der Waals surface area contributed by atoms with Crippen LogP contribution in [-0.2, 0) is 13.0 Å². The highest BCUT2D eigenvalue weighted by Crippen LogP contribution is 2.22. The van der Waals surface area contributed by atoms with Gasteiger partial charge >= 0.3 is 0 Å². The lowest BCUT2D eigenvalue weighted by atomic mass is 10.1. The SMILES string of the molecule is Cc1cc2nc(CC(C)C)n(CCN)c2cc1C. The van der Waals surface area contributed by atoms with Crippen LogP contribution in [-0.4, -0.2) is 16.1 Å². The van der Waals surface area contributed by atoms with Crippen LogP contribution in [0.3, 0.4) is 0 Å². The van der Waals surface area contributed by atoms with Gasteiger partial charge in [0, 0.05) is 19.5 Å². The predicted octanol–water partition coefficient (Wildman–Crippen LogP) is 2.81. The van der Waals surface area contributed by atoms with Crippen molar-refractivity contribution in [2.24, 2.45) is 11.7 Å². The fraction of sp³-hybridized carbons (Fsp3) is 0.533. The summed E-state index contributed by atoms with van der Waals surface area (Å²) in [5, 5.41) is 0. The van der Waals surface area contributed by atoms with Gasteiger partial charge in [0.25, 0.3) is 0 Å². The minimum Gasteiger partial charge on any atom is -0.329 e. The van der Waals surface area contributed by atoms with Crippen LogP contribution < -0.4 is 5.73 Å². The van der Waals surface area contributed by atoms with Crippen molar-refractivity contribution in [3.05, 3.63) is 29.1 Å². The molecule has 3 nitrogen and oxygen atoms in total. The van der Waals surface area contributed by atoms with Gasteiger partial charge in [-0.05, 0) is 43.0 Å². The molecule has 0 bridgehead atoms. The second-order valence-corrected chi connectivity index (χ2v) is 5.49. The molecule has 0 spiro atoms. The molecule has 18 heavy (non-hydrogen) atoms. The highest BCUT2D eigenvalue weighted by molar-refractivity contribution is 5.78. The molecule has 0 unspecified atom stereocenters. The fourth-order valence-electron chi connectivity index (χ4n) is 2.33. The van der Waals surface area contributed by atoms with E-state index in [1.807, 2.05) is 0 Å². The number of imidazole rings is 1. The second-order valence-electron chi connectivity index (χ2n) is 5.49. The average molecular weight is 245 g/mol. The van der Waals surface area contributed by atoms with Crippen molar-refractivity contribution in [2.75, 3.05) is 6.54 Å². The highest BCUT2D eigenvalue weighted by Gasteiger charge is 2.12. The van der Waals surface area contributed by atoms with Gasteiger partial charge in [-0.25, -0.2) is 4.98 Å². The molecule has 0 radical (unpaired) electrons. The zero-order valence-corrected chi connectivity index (χ0v) is 11.8. The Bertz CT molecular complexity index is 552. The van der Waals surface area contributed by atoms with Crippen molar-refractivity contribution < 1.29 is 0 Å². The van der Waals surface area contributed by atoms with E-state index in [4.69, 9.17) is 10.7 Å². The molecule has 3 heteroatoms. The monoisotopic (exact) mass is 245 g/mol. The Hall–Kier alpha value is -1.35. The van der Waals surface area contributed by atoms with E-state index in [2.05, 4.69) is 44.4 Å². The van der Waals surface area contributed by atoms with Crippen molar-refractivity contribution in [1.82, 2.24) is 9.55 Å². The van der Waals surface area contributed by atoms with Gasteiger partial charge in [-0.2, -0.15) is 0 Å². The fourth-order valence-corrected chi connectivity index (χ4v) is 2.33. The maximum absolute atomic E-state index is 5.73. The molecule has 0 atom stereocenters. The first-order valence-electron chi connectivity index (χ1n) is 6.69. The van der Waals surface area contributed by atoms with Crippen LogP contribution in [0.2, 0.25) is 0 Å². The first-order chi connectivity index (χ1) is 8.52. The number of aromatic nitrogens is 2. The summed E-state index contributed by atoms with van der Waals surface area (Å²) in [5.74, 6) is 1.77. The quantitative estimate of drug-likeness (QED) is 0.900. The van der Waals surface area contributed by atoms with Crippen molar-refractivity contribution >= 4 is 11.0 Å². The minimum atomic E-state index is 0.612. The number of hydrogen-bond acceptors (Lipinski definition) is 2. The van der Waals surface area contributed by atoms with Gasteiger partial charge in [-0.15, -0.1) is 0 Å². The van der Waals surface area contributed by atoms with Gasteiger partial charge in [-0.1, -0.05) is 13.8 Å². The summed E-state index contributed by atoms with van der Waals surface area (Å²) in [6, 6.07) is 4.42. The molecular weight excluding hydrogens is 222 g/mol. The molecule has 0 amide bonds. The summed E-state index contributed by atoms with van der Waals surface area (Å²) in [6.45, 7) is 10.2. The Balaban J connectivity index is 2.59. The van der Waals surface area contributed by atoms with Crippen LogP contribution in [0.25, 0.3) is 11.0 Å². The standard InChI is InChI=1S/C15H23N3/c1-10(2)7-15-17-13-8-11(3)12(4)9-14(13)18(15)6-5-16/h8-10H,5-7,16H2,1-4H3. The largest absolute Gasteiger partial charge is 0.329 e. The summed E-state index contributed by atoms with van der Waals surface area (Å²) >= 11 is 0. The summed E-state index contributed by atoms with van der Waals surface area (Å²) in [6.07, 6.45) is 1.01. The van der Waals surface area contributed by atoms with E-state index < -0.39 is 0 Å². The van der Waals surface area contributed by atoms with E-state index >= 15 is 0 Å². The summed E-state index contributed by atoms with van der Waals surface area (Å²) < 4.78 is 2.28. The van der Waals surface area contributed by atoms with Gasteiger partial charge < -0.3 is 10.3 Å². The Morgan fingerprint density at radius 3 is 2.50 bits per heavy atom. The predicted molar refractivity (Wildman–Crippen MR) is 76.8 cm³/mol. The van der Waals surface area contributed by atoms with Crippen LogP contribution in [0, 0.1) is 19.8 Å². The maximum Gasteiger partial charge on any atom is 0.110 e. The summed E-state index contributed by atoms with van der Waals surface area (Å²) in [5.41, 5.74) is 10.7. The number of hydrogen-bond donors (Lipinski definition) is 1.